The predicted molar refractivity (Wildman–Crippen MR) is 112 cm³/mol. The summed E-state index contributed by atoms with van der Waals surface area (Å²) in [6.45, 7) is 5.90. The van der Waals surface area contributed by atoms with Gasteiger partial charge in [0.2, 0.25) is 11.8 Å². The summed E-state index contributed by atoms with van der Waals surface area (Å²) in [5.74, 6) is 0.389. The molecular formula is C22H33N5O2. The van der Waals surface area contributed by atoms with E-state index in [9.17, 15) is 9.59 Å². The third-order valence-corrected chi connectivity index (χ3v) is 6.61. The third kappa shape index (κ3) is 4.97. The highest BCUT2D eigenvalue weighted by molar-refractivity contribution is 5.83. The van der Waals surface area contributed by atoms with E-state index in [0.29, 0.717) is 19.0 Å². The van der Waals surface area contributed by atoms with Gasteiger partial charge in [0.1, 0.15) is 0 Å². The maximum absolute atomic E-state index is 12.6. The van der Waals surface area contributed by atoms with E-state index >= 15 is 0 Å². The smallest absolute Gasteiger partial charge is 0.237 e. The number of carbonyl (C=O) groups excluding carboxylic acids is 2. The Morgan fingerprint density at radius 3 is 2.69 bits per heavy atom. The minimum absolute atomic E-state index is 0.0687. The first-order valence-corrected chi connectivity index (χ1v) is 10.9. The van der Waals surface area contributed by atoms with Crippen LogP contribution in [0.15, 0.2) is 30.3 Å². The third-order valence-electron chi connectivity index (χ3n) is 6.61. The average Bonchev–Trinajstić information content (AvgIpc) is 3.18. The van der Waals surface area contributed by atoms with Crippen molar-refractivity contribution in [3.63, 3.8) is 0 Å². The van der Waals surface area contributed by atoms with Gasteiger partial charge in [0.25, 0.3) is 0 Å². The molecule has 1 aromatic carbocycles. The molecule has 0 radical (unpaired) electrons. The minimum Gasteiger partial charge on any atom is -0.353 e. The molecule has 158 valence electrons. The van der Waals surface area contributed by atoms with Crippen LogP contribution in [0.4, 0.5) is 0 Å². The number of hydrogen-bond donors (Lipinski definition) is 2. The van der Waals surface area contributed by atoms with E-state index in [1.807, 2.05) is 11.0 Å². The lowest BCUT2D eigenvalue weighted by Gasteiger charge is -2.38. The second-order valence-electron chi connectivity index (χ2n) is 8.63. The van der Waals surface area contributed by atoms with Crippen molar-refractivity contribution in [1.29, 1.82) is 0 Å². The Hall–Kier alpha value is -1.96. The van der Waals surface area contributed by atoms with Gasteiger partial charge in [0.15, 0.2) is 0 Å². The zero-order chi connectivity index (χ0) is 20.2. The summed E-state index contributed by atoms with van der Waals surface area (Å²) in [7, 11) is 2.10. The maximum atomic E-state index is 12.6. The van der Waals surface area contributed by atoms with Crippen LogP contribution in [-0.4, -0.2) is 91.0 Å². The van der Waals surface area contributed by atoms with Gasteiger partial charge in [-0.25, -0.2) is 0 Å². The van der Waals surface area contributed by atoms with Gasteiger partial charge in [0.05, 0.1) is 6.04 Å². The lowest BCUT2D eigenvalue weighted by atomic mass is 10.0. The van der Waals surface area contributed by atoms with Gasteiger partial charge in [-0.1, -0.05) is 30.3 Å². The standard InChI is InChI=1S/C22H33N5O2/c1-25-9-11-26(12-10-25)21(28)8-7-19-15-24-22(29)20-13-18(16-27(19)20)23-14-17-5-3-2-4-6-17/h2-6,18-20,23H,7-16H2,1H3,(H,24,29)/t18-,19-,20+/m0/s1. The molecule has 3 atom stereocenters. The van der Waals surface area contributed by atoms with Crippen LogP contribution < -0.4 is 10.6 Å². The molecule has 7 nitrogen and oxygen atoms in total. The highest BCUT2D eigenvalue weighted by atomic mass is 16.2. The molecule has 7 heteroatoms. The second-order valence-corrected chi connectivity index (χ2v) is 8.63. The van der Waals surface area contributed by atoms with Gasteiger partial charge in [-0.15, -0.1) is 0 Å². The quantitative estimate of drug-likeness (QED) is 0.719. The van der Waals surface area contributed by atoms with Crippen molar-refractivity contribution in [2.45, 2.75) is 43.9 Å². The van der Waals surface area contributed by atoms with Crippen molar-refractivity contribution in [2.75, 3.05) is 46.3 Å². The van der Waals surface area contributed by atoms with Crippen molar-refractivity contribution in [2.24, 2.45) is 0 Å². The molecule has 0 aromatic heterocycles. The van der Waals surface area contributed by atoms with Crippen molar-refractivity contribution in [3.8, 4) is 0 Å². The number of rotatable bonds is 6. The summed E-state index contributed by atoms with van der Waals surface area (Å²) in [5, 5.41) is 6.68. The molecule has 0 saturated carbocycles. The molecule has 0 spiro atoms. The number of amides is 2. The van der Waals surface area contributed by atoms with Crippen LogP contribution >= 0.6 is 0 Å². The zero-order valence-electron chi connectivity index (χ0n) is 17.3. The first kappa shape index (κ1) is 20.3. The largest absolute Gasteiger partial charge is 0.353 e. The fourth-order valence-corrected chi connectivity index (χ4v) is 4.75. The fourth-order valence-electron chi connectivity index (χ4n) is 4.75. The molecule has 0 aliphatic carbocycles. The number of piperazine rings is 2. The van der Waals surface area contributed by atoms with Crippen molar-refractivity contribution < 1.29 is 9.59 Å². The lowest BCUT2D eigenvalue weighted by molar-refractivity contribution is -0.133. The molecule has 3 aliphatic rings. The van der Waals surface area contributed by atoms with Gasteiger partial charge < -0.3 is 20.4 Å². The number of nitrogens with one attached hydrogen (secondary N) is 2. The van der Waals surface area contributed by atoms with E-state index in [1.165, 1.54) is 5.56 Å². The summed E-state index contributed by atoms with van der Waals surface area (Å²) in [4.78, 5) is 31.6. The molecule has 2 N–H and O–H groups in total. The molecular weight excluding hydrogens is 366 g/mol. The van der Waals surface area contributed by atoms with E-state index in [1.54, 1.807) is 0 Å². The minimum atomic E-state index is -0.0687. The van der Waals surface area contributed by atoms with E-state index < -0.39 is 0 Å². The van der Waals surface area contributed by atoms with Crippen molar-refractivity contribution in [1.82, 2.24) is 25.3 Å². The van der Waals surface area contributed by atoms with Crippen LogP contribution in [-0.2, 0) is 16.1 Å². The van der Waals surface area contributed by atoms with Crippen LogP contribution in [0.5, 0.6) is 0 Å². The molecule has 2 amide bonds. The van der Waals surface area contributed by atoms with Gasteiger partial charge in [-0.05, 0) is 25.5 Å². The normalized spacial score (nSPS) is 28.2. The number of likely N-dealkylation sites (N-methyl/N-ethyl adjacent to an activating group) is 1. The fraction of sp³-hybridized carbons (Fsp3) is 0.636. The highest BCUT2D eigenvalue weighted by Gasteiger charge is 2.43. The average molecular weight is 400 g/mol. The monoisotopic (exact) mass is 399 g/mol. The second kappa shape index (κ2) is 9.24. The molecule has 3 saturated heterocycles. The van der Waals surface area contributed by atoms with Gasteiger partial charge in [0, 0.05) is 64.3 Å². The predicted octanol–water partition coefficient (Wildman–Crippen LogP) is 0.272. The molecule has 0 bridgehead atoms. The van der Waals surface area contributed by atoms with Gasteiger partial charge in [-0.3, -0.25) is 14.5 Å². The van der Waals surface area contributed by atoms with Crippen LogP contribution in [0.2, 0.25) is 0 Å². The van der Waals surface area contributed by atoms with Crippen molar-refractivity contribution in [3.05, 3.63) is 35.9 Å². The lowest BCUT2D eigenvalue weighted by Crippen LogP contribution is -2.58. The molecule has 1 aromatic rings. The Labute approximate surface area is 173 Å². The molecule has 4 rings (SSSR count). The molecule has 0 unspecified atom stereocenters. The topological polar surface area (TPSA) is 67.9 Å². The van der Waals surface area contributed by atoms with Crippen molar-refractivity contribution >= 4 is 11.8 Å². The van der Waals surface area contributed by atoms with Crippen LogP contribution in [0.25, 0.3) is 0 Å². The SMILES string of the molecule is CN1CCN(C(=O)CC[C@H]2CNC(=O)[C@H]3C[C@H](NCc4ccccc4)CN23)CC1. The summed E-state index contributed by atoms with van der Waals surface area (Å²) in [6, 6.07) is 10.9. The van der Waals surface area contributed by atoms with Gasteiger partial charge >= 0.3 is 0 Å². The van der Waals surface area contributed by atoms with Crippen LogP contribution in [0.3, 0.4) is 0 Å². The van der Waals surface area contributed by atoms with Gasteiger partial charge in [-0.2, -0.15) is 0 Å². The Kier molecular flexibility index (Phi) is 6.47. The number of benzene rings is 1. The molecule has 3 fully saturated rings. The molecule has 3 aliphatic heterocycles. The summed E-state index contributed by atoms with van der Waals surface area (Å²) >= 11 is 0. The summed E-state index contributed by atoms with van der Waals surface area (Å²) in [5.41, 5.74) is 1.26. The Bertz CT molecular complexity index is 704. The first-order valence-electron chi connectivity index (χ1n) is 10.9. The number of carbonyl (C=O) groups is 2. The number of hydrogen-bond acceptors (Lipinski definition) is 5. The molecule has 3 heterocycles. The number of fused-ring (bicyclic) bond motifs is 1. The molecule has 29 heavy (non-hydrogen) atoms. The van der Waals surface area contributed by atoms with E-state index in [2.05, 4.69) is 51.7 Å². The Balaban J connectivity index is 1.28. The van der Waals surface area contributed by atoms with E-state index in [-0.39, 0.29) is 23.9 Å². The summed E-state index contributed by atoms with van der Waals surface area (Å²) in [6.07, 6.45) is 2.21. The number of nitrogens with zero attached hydrogens (tertiary/aromatic N) is 3. The summed E-state index contributed by atoms with van der Waals surface area (Å²) < 4.78 is 0. The Morgan fingerprint density at radius 2 is 1.93 bits per heavy atom. The zero-order valence-corrected chi connectivity index (χ0v) is 17.3. The maximum Gasteiger partial charge on any atom is 0.237 e. The highest BCUT2D eigenvalue weighted by Crippen LogP contribution is 2.26. The Morgan fingerprint density at radius 1 is 1.17 bits per heavy atom. The van der Waals surface area contributed by atoms with E-state index in [4.69, 9.17) is 0 Å². The first-order chi connectivity index (χ1) is 14.1. The van der Waals surface area contributed by atoms with Crippen LogP contribution in [0.1, 0.15) is 24.8 Å². The van der Waals surface area contributed by atoms with Crippen LogP contribution in [0, 0.1) is 0 Å². The van der Waals surface area contributed by atoms with E-state index in [0.717, 1.165) is 52.1 Å².